The van der Waals surface area contributed by atoms with E-state index in [4.69, 9.17) is 4.74 Å². The lowest BCUT2D eigenvalue weighted by molar-refractivity contribution is -0.388. The van der Waals surface area contributed by atoms with Gasteiger partial charge in [0.05, 0.1) is 17.1 Å². The van der Waals surface area contributed by atoms with Gasteiger partial charge in [-0.1, -0.05) is 15.9 Å². The average molecular weight is 292 g/mol. The van der Waals surface area contributed by atoms with Crippen molar-refractivity contribution in [3.63, 3.8) is 0 Å². The van der Waals surface area contributed by atoms with Crippen LogP contribution in [0.5, 0.6) is 0 Å². The zero-order chi connectivity index (χ0) is 12.1. The Balaban J connectivity index is 3.21. The van der Waals surface area contributed by atoms with Crippen LogP contribution in [0.2, 0.25) is 0 Å². The molecule has 0 amide bonds. The number of halogens is 2. The number of ether oxygens (including phenoxy) is 1. The maximum Gasteiger partial charge on any atom is 0.310 e. The molecule has 0 aromatic heterocycles. The number of benzene rings is 1. The highest BCUT2D eigenvalue weighted by Gasteiger charge is 2.21. The molecule has 1 aromatic rings. The number of hydrogen-bond acceptors (Lipinski definition) is 3. The van der Waals surface area contributed by atoms with Crippen LogP contribution in [0.15, 0.2) is 12.1 Å². The van der Waals surface area contributed by atoms with Crippen LogP contribution in [0.3, 0.4) is 0 Å². The van der Waals surface area contributed by atoms with Crippen molar-refractivity contribution in [2.75, 3.05) is 12.4 Å². The van der Waals surface area contributed by atoms with E-state index < -0.39 is 16.4 Å². The summed E-state index contributed by atoms with van der Waals surface area (Å²) < 4.78 is 18.3. The van der Waals surface area contributed by atoms with E-state index in [0.717, 1.165) is 0 Å². The van der Waals surface area contributed by atoms with Gasteiger partial charge in [0.1, 0.15) is 0 Å². The minimum atomic E-state index is -0.810. The standard InChI is InChI=1S/C10H11BrFNO3/c1-16-6-8-4-7(2-3-11)5-9(12)10(8)13(14)15/h4-5H,2-3,6H2,1H3. The molecule has 6 heteroatoms. The van der Waals surface area contributed by atoms with Gasteiger partial charge in [-0.05, 0) is 24.1 Å². The Morgan fingerprint density at radius 2 is 2.25 bits per heavy atom. The van der Waals surface area contributed by atoms with E-state index in [0.29, 0.717) is 17.3 Å². The highest BCUT2D eigenvalue weighted by atomic mass is 79.9. The fourth-order valence-electron chi connectivity index (χ4n) is 1.44. The van der Waals surface area contributed by atoms with Gasteiger partial charge in [0.2, 0.25) is 5.82 Å². The summed E-state index contributed by atoms with van der Waals surface area (Å²) in [4.78, 5) is 9.97. The molecule has 88 valence electrons. The molecule has 0 aliphatic carbocycles. The summed E-state index contributed by atoms with van der Waals surface area (Å²) in [5.74, 6) is -0.810. The fraction of sp³-hybridized carbons (Fsp3) is 0.400. The molecule has 0 atom stereocenters. The summed E-state index contributed by atoms with van der Waals surface area (Å²) >= 11 is 3.23. The second-order valence-corrected chi connectivity index (χ2v) is 4.01. The van der Waals surface area contributed by atoms with Gasteiger partial charge >= 0.3 is 5.69 Å². The molecule has 0 aliphatic rings. The van der Waals surface area contributed by atoms with Gasteiger partial charge in [0.15, 0.2) is 0 Å². The predicted octanol–water partition coefficient (Wildman–Crippen LogP) is 2.82. The van der Waals surface area contributed by atoms with E-state index in [-0.39, 0.29) is 12.2 Å². The average Bonchev–Trinajstić information content (AvgIpc) is 2.17. The van der Waals surface area contributed by atoms with Gasteiger partial charge in [0.25, 0.3) is 0 Å². The molecule has 0 saturated heterocycles. The lowest BCUT2D eigenvalue weighted by Gasteiger charge is -2.06. The van der Waals surface area contributed by atoms with Gasteiger partial charge in [-0.3, -0.25) is 10.1 Å². The Labute approximate surface area is 101 Å². The fourth-order valence-corrected chi connectivity index (χ4v) is 1.90. The molecule has 0 fully saturated rings. The summed E-state index contributed by atoms with van der Waals surface area (Å²) in [6, 6.07) is 2.80. The van der Waals surface area contributed by atoms with Gasteiger partial charge in [-0.15, -0.1) is 0 Å². The zero-order valence-corrected chi connectivity index (χ0v) is 10.3. The van der Waals surface area contributed by atoms with Crippen molar-refractivity contribution < 1.29 is 14.1 Å². The molecule has 4 nitrogen and oxygen atoms in total. The summed E-state index contributed by atoms with van der Waals surface area (Å²) in [5.41, 5.74) is 0.482. The first kappa shape index (κ1) is 13.1. The Hall–Kier alpha value is -1.01. The van der Waals surface area contributed by atoms with Crippen molar-refractivity contribution in [1.82, 2.24) is 0 Å². The van der Waals surface area contributed by atoms with E-state index >= 15 is 0 Å². The third-order valence-electron chi connectivity index (χ3n) is 2.07. The third kappa shape index (κ3) is 2.99. The largest absolute Gasteiger partial charge is 0.380 e. The molecular formula is C10H11BrFNO3. The minimum absolute atomic E-state index is 0.0311. The van der Waals surface area contributed by atoms with E-state index in [2.05, 4.69) is 15.9 Å². The summed E-state index contributed by atoms with van der Waals surface area (Å²) in [6.45, 7) is 0.0311. The number of hydrogen-bond donors (Lipinski definition) is 0. The molecule has 0 aliphatic heterocycles. The number of rotatable bonds is 5. The Morgan fingerprint density at radius 3 is 2.75 bits per heavy atom. The minimum Gasteiger partial charge on any atom is -0.380 e. The number of nitro groups is 1. The molecule has 0 spiro atoms. The Bertz CT molecular complexity index is 398. The number of nitro benzene ring substituents is 1. The molecule has 0 heterocycles. The summed E-state index contributed by atoms with van der Waals surface area (Å²) in [5, 5.41) is 11.4. The normalized spacial score (nSPS) is 10.4. The van der Waals surface area contributed by atoms with Crippen LogP contribution in [0, 0.1) is 15.9 Å². The molecule has 0 radical (unpaired) electrons. The van der Waals surface area contributed by atoms with E-state index in [9.17, 15) is 14.5 Å². The van der Waals surface area contributed by atoms with E-state index in [1.54, 1.807) is 6.07 Å². The monoisotopic (exact) mass is 291 g/mol. The maximum absolute atomic E-state index is 13.5. The van der Waals surface area contributed by atoms with Crippen molar-refractivity contribution in [2.45, 2.75) is 13.0 Å². The maximum atomic E-state index is 13.5. The second-order valence-electron chi connectivity index (χ2n) is 3.21. The SMILES string of the molecule is COCc1cc(CCBr)cc(F)c1[N+](=O)[O-]. The number of alkyl halides is 1. The molecule has 16 heavy (non-hydrogen) atoms. The molecule has 1 aromatic carbocycles. The smallest absolute Gasteiger partial charge is 0.310 e. The highest BCUT2D eigenvalue weighted by Crippen LogP contribution is 2.25. The number of aryl methyl sites for hydroxylation is 1. The lowest BCUT2D eigenvalue weighted by Crippen LogP contribution is -2.02. The molecule has 1 rings (SSSR count). The van der Waals surface area contributed by atoms with Crippen LogP contribution in [0.4, 0.5) is 10.1 Å². The van der Waals surface area contributed by atoms with Crippen molar-refractivity contribution in [3.05, 3.63) is 39.2 Å². The zero-order valence-electron chi connectivity index (χ0n) is 8.70. The van der Waals surface area contributed by atoms with Gasteiger partial charge < -0.3 is 4.74 Å². The summed E-state index contributed by atoms with van der Waals surface area (Å²) in [6.07, 6.45) is 0.617. The van der Waals surface area contributed by atoms with Crippen LogP contribution >= 0.6 is 15.9 Å². The molecule has 0 saturated carbocycles. The van der Waals surface area contributed by atoms with Crippen LogP contribution in [0.25, 0.3) is 0 Å². The first-order valence-corrected chi connectivity index (χ1v) is 5.73. The molecular weight excluding hydrogens is 281 g/mol. The van der Waals surface area contributed by atoms with Crippen LogP contribution in [0.1, 0.15) is 11.1 Å². The second kappa shape index (κ2) is 5.91. The number of methoxy groups -OCH3 is 1. The topological polar surface area (TPSA) is 52.4 Å². The molecule has 0 unspecified atom stereocenters. The first-order chi connectivity index (χ1) is 7.60. The molecule has 0 N–H and O–H groups in total. The van der Waals surface area contributed by atoms with Crippen molar-refractivity contribution in [3.8, 4) is 0 Å². The number of nitrogens with zero attached hydrogens (tertiary/aromatic N) is 1. The van der Waals surface area contributed by atoms with Crippen LogP contribution in [-0.2, 0) is 17.8 Å². The van der Waals surface area contributed by atoms with Crippen LogP contribution < -0.4 is 0 Å². The predicted molar refractivity (Wildman–Crippen MR) is 61.3 cm³/mol. The van der Waals surface area contributed by atoms with Crippen molar-refractivity contribution >= 4 is 21.6 Å². The lowest BCUT2D eigenvalue weighted by atomic mass is 10.1. The van der Waals surface area contributed by atoms with E-state index in [1.807, 2.05) is 0 Å². The van der Waals surface area contributed by atoms with Gasteiger partial charge in [-0.25, -0.2) is 0 Å². The molecule has 0 bridgehead atoms. The summed E-state index contributed by atoms with van der Waals surface area (Å²) in [7, 11) is 1.42. The van der Waals surface area contributed by atoms with Gasteiger partial charge in [0, 0.05) is 12.4 Å². The van der Waals surface area contributed by atoms with Gasteiger partial charge in [-0.2, -0.15) is 4.39 Å². The first-order valence-electron chi connectivity index (χ1n) is 4.60. The van der Waals surface area contributed by atoms with Crippen LogP contribution in [-0.4, -0.2) is 17.4 Å². The Kier molecular flexibility index (Phi) is 4.82. The third-order valence-corrected chi connectivity index (χ3v) is 2.46. The quantitative estimate of drug-likeness (QED) is 0.476. The van der Waals surface area contributed by atoms with Crippen molar-refractivity contribution in [1.29, 1.82) is 0 Å². The van der Waals surface area contributed by atoms with Crippen molar-refractivity contribution in [2.24, 2.45) is 0 Å². The Morgan fingerprint density at radius 1 is 1.56 bits per heavy atom. The van der Waals surface area contributed by atoms with E-state index in [1.165, 1.54) is 13.2 Å². The highest BCUT2D eigenvalue weighted by molar-refractivity contribution is 9.09.